The Labute approximate surface area is 173 Å². The first-order chi connectivity index (χ1) is 13.6. The van der Waals surface area contributed by atoms with Crippen molar-refractivity contribution in [1.29, 1.82) is 0 Å². The molecule has 1 aromatic rings. The van der Waals surface area contributed by atoms with Crippen molar-refractivity contribution < 1.29 is 9.90 Å². The Kier molecular flexibility index (Phi) is 14.9. The van der Waals surface area contributed by atoms with Crippen LogP contribution in [0.3, 0.4) is 0 Å². The highest BCUT2D eigenvalue weighted by Crippen LogP contribution is 2.18. The van der Waals surface area contributed by atoms with E-state index in [1.54, 1.807) is 0 Å². The monoisotopic (exact) mass is 389 g/mol. The number of unbranched alkanes of at least 4 members (excludes halogenated alkanes) is 12. The smallest absolute Gasteiger partial charge is 0.134 e. The van der Waals surface area contributed by atoms with Gasteiger partial charge in [0.05, 0.1) is 6.10 Å². The number of aliphatic hydroxyl groups excluding tert-OH is 1. The van der Waals surface area contributed by atoms with Crippen LogP contribution in [0, 0.1) is 0 Å². The van der Waals surface area contributed by atoms with Gasteiger partial charge in [-0.25, -0.2) is 0 Å². The second-order valence-electron chi connectivity index (χ2n) is 8.25. The molecule has 3 nitrogen and oxygen atoms in total. The van der Waals surface area contributed by atoms with Gasteiger partial charge in [-0.15, -0.1) is 0 Å². The number of rotatable bonds is 18. The second-order valence-corrected chi connectivity index (χ2v) is 8.25. The number of hydrogen-bond donors (Lipinski definition) is 2. The van der Waals surface area contributed by atoms with Crippen molar-refractivity contribution in [3.63, 3.8) is 0 Å². The molecule has 0 saturated carbocycles. The summed E-state index contributed by atoms with van der Waals surface area (Å²) in [5, 5.41) is 10.2. The highest BCUT2D eigenvalue weighted by molar-refractivity contribution is 5.79. The number of hydrogen-bond acceptors (Lipinski definition) is 3. The number of benzene rings is 1. The minimum atomic E-state index is -0.767. The number of carbonyl (C=O) groups is 1. The highest BCUT2D eigenvalue weighted by atomic mass is 16.3. The first kappa shape index (κ1) is 24.8. The summed E-state index contributed by atoms with van der Waals surface area (Å²) < 4.78 is 0. The summed E-state index contributed by atoms with van der Waals surface area (Å²) in [7, 11) is 0. The molecule has 0 aliphatic rings. The SMILES string of the molecule is CCCCCCCCCCCCCCCC(=O)CC(N)C(O)c1ccccc1. The molecule has 0 bridgehead atoms. The molecule has 0 aliphatic heterocycles. The van der Waals surface area contributed by atoms with Gasteiger partial charge in [-0.3, -0.25) is 4.79 Å². The second kappa shape index (κ2) is 16.7. The predicted octanol–water partition coefficient (Wildman–Crippen LogP) is 6.49. The van der Waals surface area contributed by atoms with Gasteiger partial charge < -0.3 is 10.8 Å². The molecule has 0 fully saturated rings. The summed E-state index contributed by atoms with van der Waals surface area (Å²) in [5.41, 5.74) is 6.80. The summed E-state index contributed by atoms with van der Waals surface area (Å²) in [4.78, 5) is 12.1. The van der Waals surface area contributed by atoms with Gasteiger partial charge in [-0.05, 0) is 12.0 Å². The summed E-state index contributed by atoms with van der Waals surface area (Å²) in [5.74, 6) is 0.172. The molecule has 1 aromatic carbocycles. The van der Waals surface area contributed by atoms with Crippen LogP contribution >= 0.6 is 0 Å². The molecule has 3 N–H and O–H groups in total. The van der Waals surface area contributed by atoms with Gasteiger partial charge in [-0.2, -0.15) is 0 Å². The molecule has 3 heteroatoms. The van der Waals surface area contributed by atoms with Crippen LogP contribution in [-0.2, 0) is 4.79 Å². The lowest BCUT2D eigenvalue weighted by molar-refractivity contribution is -0.120. The largest absolute Gasteiger partial charge is 0.387 e. The normalized spacial score (nSPS) is 13.4. The lowest BCUT2D eigenvalue weighted by Gasteiger charge is -2.18. The van der Waals surface area contributed by atoms with E-state index in [-0.39, 0.29) is 12.2 Å². The molecule has 0 aromatic heterocycles. The van der Waals surface area contributed by atoms with E-state index in [9.17, 15) is 9.90 Å². The van der Waals surface area contributed by atoms with Crippen LogP contribution in [0.15, 0.2) is 30.3 Å². The Hall–Kier alpha value is -1.19. The summed E-state index contributed by atoms with van der Waals surface area (Å²) >= 11 is 0. The third-order valence-electron chi connectivity index (χ3n) is 5.57. The van der Waals surface area contributed by atoms with Crippen LogP contribution in [0.4, 0.5) is 0 Å². The van der Waals surface area contributed by atoms with Gasteiger partial charge in [0.15, 0.2) is 0 Å². The van der Waals surface area contributed by atoms with Crippen LogP contribution in [0.2, 0.25) is 0 Å². The van der Waals surface area contributed by atoms with E-state index < -0.39 is 12.1 Å². The van der Waals surface area contributed by atoms with Gasteiger partial charge in [0.1, 0.15) is 5.78 Å². The predicted molar refractivity (Wildman–Crippen MR) is 119 cm³/mol. The van der Waals surface area contributed by atoms with Crippen LogP contribution in [0.1, 0.15) is 115 Å². The van der Waals surface area contributed by atoms with Crippen molar-refractivity contribution in [2.24, 2.45) is 5.73 Å². The van der Waals surface area contributed by atoms with Gasteiger partial charge in [0.2, 0.25) is 0 Å². The quantitative estimate of drug-likeness (QED) is 0.282. The Morgan fingerprint density at radius 2 is 1.29 bits per heavy atom. The Balaban J connectivity index is 1.94. The fraction of sp³-hybridized carbons (Fsp3) is 0.720. The van der Waals surface area contributed by atoms with E-state index in [1.807, 2.05) is 30.3 Å². The van der Waals surface area contributed by atoms with E-state index in [0.29, 0.717) is 6.42 Å². The maximum absolute atomic E-state index is 12.1. The highest BCUT2D eigenvalue weighted by Gasteiger charge is 2.19. The van der Waals surface area contributed by atoms with Crippen molar-refractivity contribution >= 4 is 5.78 Å². The molecular formula is C25H43NO2. The molecule has 160 valence electrons. The first-order valence-electron chi connectivity index (χ1n) is 11.7. The summed E-state index contributed by atoms with van der Waals surface area (Å²) in [6.45, 7) is 2.27. The topological polar surface area (TPSA) is 63.3 Å². The number of nitrogens with two attached hydrogens (primary N) is 1. The fourth-order valence-corrected chi connectivity index (χ4v) is 3.71. The number of carbonyl (C=O) groups excluding carboxylic acids is 1. The van der Waals surface area contributed by atoms with Crippen molar-refractivity contribution in [2.75, 3.05) is 0 Å². The third-order valence-corrected chi connectivity index (χ3v) is 5.57. The number of ketones is 1. The lowest BCUT2D eigenvalue weighted by Crippen LogP contribution is -2.31. The zero-order valence-electron chi connectivity index (χ0n) is 18.1. The molecule has 2 unspecified atom stereocenters. The number of aliphatic hydroxyl groups is 1. The summed E-state index contributed by atoms with van der Waals surface area (Å²) in [6.07, 6.45) is 17.1. The Morgan fingerprint density at radius 1 is 0.821 bits per heavy atom. The molecule has 0 amide bonds. The molecule has 1 rings (SSSR count). The van der Waals surface area contributed by atoms with Gasteiger partial charge >= 0.3 is 0 Å². The fourth-order valence-electron chi connectivity index (χ4n) is 3.71. The van der Waals surface area contributed by atoms with Crippen LogP contribution in [0.5, 0.6) is 0 Å². The van der Waals surface area contributed by atoms with Crippen molar-refractivity contribution in [2.45, 2.75) is 115 Å². The van der Waals surface area contributed by atoms with Gasteiger partial charge in [0, 0.05) is 18.9 Å². The molecule has 0 aliphatic carbocycles. The van der Waals surface area contributed by atoms with Gasteiger partial charge in [0.25, 0.3) is 0 Å². The maximum atomic E-state index is 12.1. The molecule has 0 saturated heterocycles. The van der Waals surface area contributed by atoms with Crippen LogP contribution < -0.4 is 5.73 Å². The molecular weight excluding hydrogens is 346 g/mol. The zero-order chi connectivity index (χ0) is 20.5. The standard InChI is InChI=1S/C25H43NO2/c1-2-3-4-5-6-7-8-9-10-11-12-13-17-20-23(27)21-24(26)25(28)22-18-15-14-16-19-22/h14-16,18-19,24-25,28H,2-13,17,20-21,26H2,1H3. The first-order valence-corrected chi connectivity index (χ1v) is 11.7. The van der Waals surface area contributed by atoms with Gasteiger partial charge in [-0.1, -0.05) is 114 Å². The Morgan fingerprint density at radius 3 is 1.79 bits per heavy atom. The van der Waals surface area contributed by atoms with E-state index in [0.717, 1.165) is 18.4 Å². The van der Waals surface area contributed by atoms with Crippen LogP contribution in [-0.4, -0.2) is 16.9 Å². The minimum Gasteiger partial charge on any atom is -0.387 e. The molecule has 0 radical (unpaired) electrons. The molecule has 0 heterocycles. The van der Waals surface area contributed by atoms with E-state index >= 15 is 0 Å². The van der Waals surface area contributed by atoms with E-state index in [2.05, 4.69) is 6.92 Å². The third kappa shape index (κ3) is 12.3. The molecule has 0 spiro atoms. The lowest BCUT2D eigenvalue weighted by atomic mass is 9.97. The molecule has 2 atom stereocenters. The molecule has 28 heavy (non-hydrogen) atoms. The number of Topliss-reactive ketones (excluding diaryl/α,β-unsaturated/α-hetero) is 1. The average Bonchev–Trinajstić information content (AvgIpc) is 2.71. The van der Waals surface area contributed by atoms with E-state index in [1.165, 1.54) is 70.6 Å². The zero-order valence-corrected chi connectivity index (χ0v) is 18.1. The minimum absolute atomic E-state index is 0.172. The van der Waals surface area contributed by atoms with Crippen LogP contribution in [0.25, 0.3) is 0 Å². The van der Waals surface area contributed by atoms with Crippen molar-refractivity contribution in [3.8, 4) is 0 Å². The maximum Gasteiger partial charge on any atom is 0.134 e. The van der Waals surface area contributed by atoms with E-state index in [4.69, 9.17) is 5.73 Å². The summed E-state index contributed by atoms with van der Waals surface area (Å²) in [6, 6.07) is 8.84. The van der Waals surface area contributed by atoms with Crippen molar-refractivity contribution in [3.05, 3.63) is 35.9 Å². The average molecular weight is 390 g/mol. The van der Waals surface area contributed by atoms with Crippen molar-refractivity contribution in [1.82, 2.24) is 0 Å². The Bertz CT molecular complexity index is 489.